The highest BCUT2D eigenvalue weighted by atomic mass is 127. The zero-order valence-electron chi connectivity index (χ0n) is 13.7. The molecule has 0 aliphatic heterocycles. The van der Waals surface area contributed by atoms with Crippen LogP contribution in [0.4, 0.5) is 5.69 Å². The molecule has 0 atom stereocenters. The van der Waals surface area contributed by atoms with Gasteiger partial charge in [0.15, 0.2) is 5.96 Å². The monoisotopic (exact) mass is 419 g/mol. The fraction of sp³-hybridized carbons (Fsp3) is 0.500. The predicted octanol–water partition coefficient (Wildman–Crippen LogP) is 3.38. The van der Waals surface area contributed by atoms with Gasteiger partial charge in [0.25, 0.3) is 0 Å². The smallest absolute Gasteiger partial charge is 0.306 e. The van der Waals surface area contributed by atoms with Crippen LogP contribution in [-0.2, 0) is 9.53 Å². The maximum atomic E-state index is 11.3. The van der Waals surface area contributed by atoms with Crippen LogP contribution in [0.25, 0.3) is 0 Å². The molecule has 6 heteroatoms. The first-order chi connectivity index (χ1) is 9.86. The van der Waals surface area contributed by atoms with Crippen LogP contribution in [0.3, 0.4) is 0 Å². The summed E-state index contributed by atoms with van der Waals surface area (Å²) < 4.78 is 5.04. The average molecular weight is 419 g/mol. The second-order valence-electron chi connectivity index (χ2n) is 5.41. The Morgan fingerprint density at radius 1 is 1.27 bits per heavy atom. The molecule has 3 N–H and O–H groups in total. The molecule has 0 aliphatic carbocycles. The number of esters is 1. The van der Waals surface area contributed by atoms with Gasteiger partial charge >= 0.3 is 5.97 Å². The largest absolute Gasteiger partial charge is 0.463 e. The fourth-order valence-electron chi connectivity index (χ4n) is 1.98. The van der Waals surface area contributed by atoms with Crippen molar-refractivity contribution in [1.29, 1.82) is 0 Å². The van der Waals surface area contributed by atoms with E-state index < -0.39 is 0 Å². The first-order valence-corrected chi connectivity index (χ1v) is 7.21. The van der Waals surface area contributed by atoms with Gasteiger partial charge in [0.2, 0.25) is 0 Å². The maximum absolute atomic E-state index is 11.3. The van der Waals surface area contributed by atoms with Gasteiger partial charge in [0.1, 0.15) is 0 Å². The lowest BCUT2D eigenvalue weighted by molar-refractivity contribution is -0.147. The van der Waals surface area contributed by atoms with Crippen molar-refractivity contribution in [2.24, 2.45) is 10.7 Å². The molecule has 0 radical (unpaired) electrons. The Hall–Kier alpha value is -1.31. The molecule has 22 heavy (non-hydrogen) atoms. The van der Waals surface area contributed by atoms with Gasteiger partial charge in [-0.05, 0) is 57.4 Å². The molecule has 0 bridgehead atoms. The van der Waals surface area contributed by atoms with E-state index in [-0.39, 0.29) is 36.0 Å². The average Bonchev–Trinajstić information content (AvgIpc) is 2.32. The van der Waals surface area contributed by atoms with Gasteiger partial charge in [0, 0.05) is 18.7 Å². The molecule has 0 saturated carbocycles. The number of carbonyl (C=O) groups is 1. The third-order valence-electron chi connectivity index (χ3n) is 2.68. The molecule has 0 unspecified atom stereocenters. The molecular formula is C16H26IN3O2. The minimum Gasteiger partial charge on any atom is -0.463 e. The van der Waals surface area contributed by atoms with E-state index in [0.717, 1.165) is 5.69 Å². The molecule has 0 spiro atoms. The van der Waals surface area contributed by atoms with E-state index in [1.807, 2.05) is 39.8 Å². The number of guanidine groups is 1. The molecule has 1 rings (SSSR count). The van der Waals surface area contributed by atoms with Crippen molar-refractivity contribution < 1.29 is 9.53 Å². The Morgan fingerprint density at radius 2 is 1.86 bits per heavy atom. The first kappa shape index (κ1) is 20.7. The van der Waals surface area contributed by atoms with Gasteiger partial charge in [-0.15, -0.1) is 24.0 Å². The van der Waals surface area contributed by atoms with E-state index in [0.29, 0.717) is 25.3 Å². The van der Waals surface area contributed by atoms with Crippen LogP contribution in [0.2, 0.25) is 0 Å². The van der Waals surface area contributed by atoms with Gasteiger partial charge in [-0.1, -0.05) is 6.07 Å². The number of rotatable bonds is 6. The molecule has 0 fully saturated rings. The first-order valence-electron chi connectivity index (χ1n) is 7.21. The molecule has 1 aromatic rings. The topological polar surface area (TPSA) is 76.7 Å². The van der Waals surface area contributed by atoms with Crippen LogP contribution in [-0.4, -0.2) is 24.6 Å². The van der Waals surface area contributed by atoms with Crippen LogP contribution in [0.5, 0.6) is 0 Å². The summed E-state index contributed by atoms with van der Waals surface area (Å²) in [5, 5.41) is 3.06. The number of anilines is 1. The number of hydrogen-bond acceptors (Lipinski definition) is 3. The Morgan fingerprint density at radius 3 is 2.41 bits per heavy atom. The van der Waals surface area contributed by atoms with Crippen LogP contribution in [0, 0.1) is 13.8 Å². The third kappa shape index (κ3) is 8.86. The van der Waals surface area contributed by atoms with Crippen LogP contribution < -0.4 is 11.1 Å². The molecule has 0 saturated heterocycles. The maximum Gasteiger partial charge on any atom is 0.306 e. The molecule has 124 valence electrons. The molecular weight excluding hydrogens is 393 g/mol. The number of benzene rings is 1. The van der Waals surface area contributed by atoms with Crippen molar-refractivity contribution in [2.45, 2.75) is 46.6 Å². The number of hydrogen-bond donors (Lipinski definition) is 2. The summed E-state index contributed by atoms with van der Waals surface area (Å²) >= 11 is 0. The number of aliphatic imine (C=N–C) groups is 1. The van der Waals surface area contributed by atoms with Crippen molar-refractivity contribution in [1.82, 2.24) is 0 Å². The summed E-state index contributed by atoms with van der Waals surface area (Å²) in [6.07, 6.45) is 0.913. The second kappa shape index (κ2) is 10.4. The van der Waals surface area contributed by atoms with E-state index in [1.54, 1.807) is 0 Å². The number of ether oxygens (including phenoxy) is 1. The van der Waals surface area contributed by atoms with Crippen molar-refractivity contribution >= 4 is 41.6 Å². The Balaban J connectivity index is 0.00000441. The SMILES string of the molecule is Cc1cc(C)cc(NC(N)=NCCCC(=O)OC(C)C)c1.I. The molecule has 0 amide bonds. The van der Waals surface area contributed by atoms with Crippen molar-refractivity contribution in [3.8, 4) is 0 Å². The van der Waals surface area contributed by atoms with Gasteiger partial charge in [-0.3, -0.25) is 9.79 Å². The zero-order valence-corrected chi connectivity index (χ0v) is 16.0. The van der Waals surface area contributed by atoms with E-state index in [9.17, 15) is 4.79 Å². The van der Waals surface area contributed by atoms with Crippen molar-refractivity contribution in [2.75, 3.05) is 11.9 Å². The minimum absolute atomic E-state index is 0. The third-order valence-corrected chi connectivity index (χ3v) is 2.68. The standard InChI is InChI=1S/C16H25N3O2.HI/c1-11(2)21-15(20)6-5-7-18-16(17)19-14-9-12(3)8-13(4)10-14;/h8-11H,5-7H2,1-4H3,(H3,17,18,19);1H. The Labute approximate surface area is 149 Å². The van der Waals surface area contributed by atoms with Crippen molar-refractivity contribution in [3.63, 3.8) is 0 Å². The zero-order chi connectivity index (χ0) is 15.8. The van der Waals surface area contributed by atoms with Gasteiger partial charge in [0.05, 0.1) is 6.10 Å². The summed E-state index contributed by atoms with van der Waals surface area (Å²) in [6.45, 7) is 8.23. The number of nitrogens with two attached hydrogens (primary N) is 1. The van der Waals surface area contributed by atoms with Gasteiger partial charge in [-0.25, -0.2) is 0 Å². The summed E-state index contributed by atoms with van der Waals surface area (Å²) in [6, 6.07) is 6.11. The molecule has 0 heterocycles. The molecule has 0 aromatic heterocycles. The summed E-state index contributed by atoms with van der Waals surface area (Å²) in [5.74, 6) is 0.165. The minimum atomic E-state index is -0.193. The lowest BCUT2D eigenvalue weighted by Gasteiger charge is -2.08. The summed E-state index contributed by atoms with van der Waals surface area (Å²) in [7, 11) is 0. The van der Waals surface area contributed by atoms with Gasteiger partial charge in [-0.2, -0.15) is 0 Å². The van der Waals surface area contributed by atoms with Gasteiger partial charge < -0.3 is 15.8 Å². The quantitative estimate of drug-likeness (QED) is 0.244. The number of aryl methyl sites for hydroxylation is 2. The van der Waals surface area contributed by atoms with Crippen molar-refractivity contribution in [3.05, 3.63) is 29.3 Å². The summed E-state index contributed by atoms with van der Waals surface area (Å²) in [5.41, 5.74) is 9.09. The predicted molar refractivity (Wildman–Crippen MR) is 102 cm³/mol. The second-order valence-corrected chi connectivity index (χ2v) is 5.41. The van der Waals surface area contributed by atoms with E-state index in [4.69, 9.17) is 10.5 Å². The highest BCUT2D eigenvalue weighted by Gasteiger charge is 2.04. The van der Waals surface area contributed by atoms with Crippen LogP contribution in [0.15, 0.2) is 23.2 Å². The Kier molecular flexibility index (Phi) is 9.80. The fourth-order valence-corrected chi connectivity index (χ4v) is 1.98. The number of nitrogens with zero attached hydrogens (tertiary/aromatic N) is 1. The lowest BCUT2D eigenvalue weighted by atomic mass is 10.1. The highest BCUT2D eigenvalue weighted by molar-refractivity contribution is 14.0. The lowest BCUT2D eigenvalue weighted by Crippen LogP contribution is -2.23. The normalized spacial score (nSPS) is 11.0. The molecule has 5 nitrogen and oxygen atoms in total. The number of nitrogens with one attached hydrogen (secondary N) is 1. The molecule has 0 aliphatic rings. The number of halogens is 1. The van der Waals surface area contributed by atoms with Crippen LogP contribution in [0.1, 0.15) is 37.8 Å². The van der Waals surface area contributed by atoms with E-state index >= 15 is 0 Å². The van der Waals surface area contributed by atoms with E-state index in [1.165, 1.54) is 11.1 Å². The summed E-state index contributed by atoms with van der Waals surface area (Å²) in [4.78, 5) is 15.6. The molecule has 1 aromatic carbocycles. The Bertz CT molecular complexity index is 496. The van der Waals surface area contributed by atoms with E-state index in [2.05, 4.69) is 16.4 Å². The van der Waals surface area contributed by atoms with Crippen LogP contribution >= 0.6 is 24.0 Å². The highest BCUT2D eigenvalue weighted by Crippen LogP contribution is 2.13. The number of carbonyl (C=O) groups excluding carboxylic acids is 1.